The maximum atomic E-state index is 5.65. The molecule has 0 unspecified atom stereocenters. The van der Waals surface area contributed by atoms with Crippen molar-refractivity contribution in [2.75, 3.05) is 5.73 Å². The highest BCUT2D eigenvalue weighted by Gasteiger charge is 2.14. The monoisotopic (exact) mass is 217 g/mol. The van der Waals surface area contributed by atoms with Crippen molar-refractivity contribution in [3.8, 4) is 11.3 Å². The third-order valence-electron chi connectivity index (χ3n) is 2.37. The van der Waals surface area contributed by atoms with Gasteiger partial charge in [0.25, 0.3) is 0 Å². The summed E-state index contributed by atoms with van der Waals surface area (Å²) in [6, 6.07) is 1.77. The van der Waals surface area contributed by atoms with Crippen molar-refractivity contribution in [2.45, 2.75) is 19.8 Å². The summed E-state index contributed by atoms with van der Waals surface area (Å²) in [5.74, 6) is 0.830. The minimum atomic E-state index is 0.354. The molecule has 84 valence electrons. The molecule has 0 aromatic carbocycles. The molecule has 0 atom stereocenters. The number of aryl methyl sites for hydroxylation is 1. The fraction of sp³-hybridized carbons (Fsp3) is 0.364. The van der Waals surface area contributed by atoms with Crippen LogP contribution in [0, 0.1) is 0 Å². The van der Waals surface area contributed by atoms with Crippen LogP contribution in [0.15, 0.2) is 18.6 Å². The quantitative estimate of drug-likeness (QED) is 0.829. The van der Waals surface area contributed by atoms with Gasteiger partial charge in [-0.3, -0.25) is 4.68 Å². The van der Waals surface area contributed by atoms with Crippen LogP contribution in [0.4, 0.5) is 5.82 Å². The van der Waals surface area contributed by atoms with Crippen LogP contribution in [0.1, 0.15) is 25.5 Å². The number of nitrogens with two attached hydrogens (primary N) is 1. The van der Waals surface area contributed by atoms with Gasteiger partial charge in [0, 0.05) is 24.9 Å². The molecule has 0 saturated carbocycles. The van der Waals surface area contributed by atoms with E-state index in [0.717, 1.165) is 17.0 Å². The number of hydrogen-bond acceptors (Lipinski definition) is 4. The third kappa shape index (κ3) is 1.88. The Balaban J connectivity index is 2.55. The molecule has 0 aliphatic carbocycles. The summed E-state index contributed by atoms with van der Waals surface area (Å²) in [6.45, 7) is 4.22. The fourth-order valence-corrected chi connectivity index (χ4v) is 1.65. The third-order valence-corrected chi connectivity index (χ3v) is 2.37. The number of hydrogen-bond donors (Lipinski definition) is 1. The number of rotatable bonds is 2. The second-order valence-corrected chi connectivity index (χ2v) is 4.08. The first-order valence-corrected chi connectivity index (χ1v) is 5.19. The van der Waals surface area contributed by atoms with Crippen molar-refractivity contribution in [1.82, 2.24) is 19.7 Å². The number of nitrogen functional groups attached to an aromatic ring is 1. The molecule has 0 spiro atoms. The van der Waals surface area contributed by atoms with Gasteiger partial charge in [0.05, 0.1) is 11.4 Å². The Morgan fingerprint density at radius 3 is 2.69 bits per heavy atom. The zero-order valence-corrected chi connectivity index (χ0v) is 9.68. The second-order valence-electron chi connectivity index (χ2n) is 4.08. The van der Waals surface area contributed by atoms with Crippen LogP contribution < -0.4 is 5.73 Å². The van der Waals surface area contributed by atoms with Crippen molar-refractivity contribution >= 4 is 5.82 Å². The first-order chi connectivity index (χ1) is 7.58. The Bertz CT molecular complexity index is 501. The zero-order valence-electron chi connectivity index (χ0n) is 9.68. The number of anilines is 1. The predicted octanol–water partition coefficient (Wildman–Crippen LogP) is 1.58. The molecule has 0 radical (unpaired) electrons. The van der Waals surface area contributed by atoms with Gasteiger partial charge in [-0.1, -0.05) is 13.8 Å². The van der Waals surface area contributed by atoms with Crippen LogP contribution in [-0.4, -0.2) is 19.7 Å². The van der Waals surface area contributed by atoms with E-state index in [2.05, 4.69) is 28.9 Å². The molecule has 0 bridgehead atoms. The van der Waals surface area contributed by atoms with Gasteiger partial charge in [0.15, 0.2) is 0 Å². The van der Waals surface area contributed by atoms with Gasteiger partial charge < -0.3 is 5.73 Å². The van der Waals surface area contributed by atoms with Gasteiger partial charge in [-0.15, -0.1) is 0 Å². The molecule has 2 rings (SSSR count). The molecule has 2 heterocycles. The maximum Gasteiger partial charge on any atom is 0.127 e. The van der Waals surface area contributed by atoms with Crippen LogP contribution in [0.2, 0.25) is 0 Å². The van der Waals surface area contributed by atoms with Crippen LogP contribution in [0.25, 0.3) is 11.3 Å². The van der Waals surface area contributed by atoms with Crippen molar-refractivity contribution in [3.05, 3.63) is 24.3 Å². The summed E-state index contributed by atoms with van der Waals surface area (Å²) in [7, 11) is 1.90. The highest BCUT2D eigenvalue weighted by atomic mass is 15.3. The molecular weight excluding hydrogens is 202 g/mol. The smallest absolute Gasteiger partial charge is 0.127 e. The van der Waals surface area contributed by atoms with Gasteiger partial charge in [0.2, 0.25) is 0 Å². The average molecular weight is 217 g/mol. The summed E-state index contributed by atoms with van der Waals surface area (Å²) in [6.07, 6.45) is 3.43. The van der Waals surface area contributed by atoms with E-state index in [1.807, 2.05) is 13.2 Å². The van der Waals surface area contributed by atoms with Crippen molar-refractivity contribution in [3.63, 3.8) is 0 Å². The van der Waals surface area contributed by atoms with Crippen molar-refractivity contribution in [2.24, 2.45) is 7.05 Å². The average Bonchev–Trinajstić information content (AvgIpc) is 2.60. The number of nitrogens with zero attached hydrogens (tertiary/aromatic N) is 4. The van der Waals surface area contributed by atoms with Crippen LogP contribution in [0.3, 0.4) is 0 Å². The van der Waals surface area contributed by atoms with Crippen molar-refractivity contribution in [1.29, 1.82) is 0 Å². The lowest BCUT2D eigenvalue weighted by molar-refractivity contribution is 0.713. The first kappa shape index (κ1) is 10.6. The predicted molar refractivity (Wildman–Crippen MR) is 62.7 cm³/mol. The minimum Gasteiger partial charge on any atom is -0.384 e. The van der Waals surface area contributed by atoms with E-state index in [4.69, 9.17) is 5.73 Å². The molecular formula is C11H15N5. The Kier molecular flexibility index (Phi) is 2.60. The SMILES string of the molecule is CC(C)c1nn(C)cc1-c1cc(N)ncn1. The van der Waals surface area contributed by atoms with E-state index >= 15 is 0 Å². The van der Waals surface area contributed by atoms with E-state index in [0.29, 0.717) is 11.7 Å². The molecule has 0 aliphatic rings. The van der Waals surface area contributed by atoms with E-state index in [-0.39, 0.29) is 0 Å². The van der Waals surface area contributed by atoms with Gasteiger partial charge in [-0.05, 0) is 5.92 Å². The summed E-state index contributed by atoms with van der Waals surface area (Å²) >= 11 is 0. The highest BCUT2D eigenvalue weighted by molar-refractivity contribution is 5.63. The standard InChI is InChI=1S/C11H15N5/c1-7(2)11-8(5-16(3)15-11)9-4-10(12)14-6-13-9/h4-7H,1-3H3,(H2,12,13,14). The molecule has 5 nitrogen and oxygen atoms in total. The minimum absolute atomic E-state index is 0.354. The van der Waals surface area contributed by atoms with Crippen LogP contribution in [-0.2, 0) is 7.05 Å². The first-order valence-electron chi connectivity index (χ1n) is 5.19. The van der Waals surface area contributed by atoms with Gasteiger partial charge >= 0.3 is 0 Å². The molecule has 2 aromatic heterocycles. The Morgan fingerprint density at radius 1 is 1.31 bits per heavy atom. The Hall–Kier alpha value is -1.91. The zero-order chi connectivity index (χ0) is 11.7. The summed E-state index contributed by atoms with van der Waals surface area (Å²) in [5.41, 5.74) is 8.52. The molecule has 0 amide bonds. The van der Waals surface area contributed by atoms with E-state index < -0.39 is 0 Å². The van der Waals surface area contributed by atoms with Crippen LogP contribution in [0.5, 0.6) is 0 Å². The molecule has 0 aliphatic heterocycles. The molecule has 0 fully saturated rings. The molecule has 16 heavy (non-hydrogen) atoms. The largest absolute Gasteiger partial charge is 0.384 e. The van der Waals surface area contributed by atoms with Gasteiger partial charge in [-0.25, -0.2) is 9.97 Å². The lowest BCUT2D eigenvalue weighted by Crippen LogP contribution is -1.96. The Morgan fingerprint density at radius 2 is 2.06 bits per heavy atom. The van der Waals surface area contributed by atoms with Crippen LogP contribution >= 0.6 is 0 Å². The second kappa shape index (κ2) is 3.92. The highest BCUT2D eigenvalue weighted by Crippen LogP contribution is 2.26. The lowest BCUT2D eigenvalue weighted by atomic mass is 10.0. The lowest BCUT2D eigenvalue weighted by Gasteiger charge is -2.04. The maximum absolute atomic E-state index is 5.65. The van der Waals surface area contributed by atoms with E-state index in [1.54, 1.807) is 10.7 Å². The fourth-order valence-electron chi connectivity index (χ4n) is 1.65. The number of aromatic nitrogens is 4. The molecule has 2 N–H and O–H groups in total. The summed E-state index contributed by atoms with van der Waals surface area (Å²) in [4.78, 5) is 8.11. The topological polar surface area (TPSA) is 69.6 Å². The normalized spacial score (nSPS) is 11.0. The Labute approximate surface area is 94.3 Å². The van der Waals surface area contributed by atoms with E-state index in [9.17, 15) is 0 Å². The van der Waals surface area contributed by atoms with Gasteiger partial charge in [0.1, 0.15) is 12.1 Å². The van der Waals surface area contributed by atoms with Gasteiger partial charge in [-0.2, -0.15) is 5.10 Å². The molecule has 0 saturated heterocycles. The van der Waals surface area contributed by atoms with E-state index in [1.165, 1.54) is 6.33 Å². The molecule has 5 heteroatoms. The summed E-state index contributed by atoms with van der Waals surface area (Å²) < 4.78 is 1.79. The summed E-state index contributed by atoms with van der Waals surface area (Å²) in [5, 5.41) is 4.43. The molecule has 2 aromatic rings. The van der Waals surface area contributed by atoms with Crippen molar-refractivity contribution < 1.29 is 0 Å².